The number of amides is 1. The number of thiophene rings is 1. The second-order valence-corrected chi connectivity index (χ2v) is 8.15. The van der Waals surface area contributed by atoms with Crippen molar-refractivity contribution in [1.29, 1.82) is 0 Å². The molecule has 3 nitrogen and oxygen atoms in total. The van der Waals surface area contributed by atoms with Crippen LogP contribution in [0.25, 0.3) is 11.1 Å². The van der Waals surface area contributed by atoms with E-state index in [2.05, 4.69) is 5.32 Å². The summed E-state index contributed by atoms with van der Waals surface area (Å²) in [6.07, 6.45) is 0. The SMILES string of the molecule is C[C@@H](C(=O)Nc1ccccc1-c1ccccc1)[NH+](C)Cc1ccc(Cl)s1. The number of carbonyl (C=O) groups is 1. The minimum atomic E-state index is -0.181. The van der Waals surface area contributed by atoms with Crippen LogP contribution in [0.2, 0.25) is 4.34 Å². The predicted octanol–water partition coefficient (Wildman–Crippen LogP) is 4.11. The fourth-order valence-corrected chi connectivity index (χ4v) is 3.98. The molecule has 1 unspecified atom stereocenters. The molecule has 1 aromatic heterocycles. The normalized spacial score (nSPS) is 13.2. The molecule has 134 valence electrons. The maximum Gasteiger partial charge on any atom is 0.282 e. The number of benzene rings is 2. The van der Waals surface area contributed by atoms with Crippen LogP contribution in [0.5, 0.6) is 0 Å². The third-order valence-electron chi connectivity index (χ3n) is 4.48. The molecule has 2 aromatic carbocycles. The third-order valence-corrected chi connectivity index (χ3v) is 5.72. The molecule has 1 amide bonds. The Balaban J connectivity index is 1.71. The van der Waals surface area contributed by atoms with E-state index in [0.717, 1.165) is 32.6 Å². The first kappa shape index (κ1) is 18.6. The maximum atomic E-state index is 12.8. The Morgan fingerprint density at radius 3 is 2.46 bits per heavy atom. The summed E-state index contributed by atoms with van der Waals surface area (Å²) in [5.41, 5.74) is 2.95. The van der Waals surface area contributed by atoms with Crippen LogP contribution in [0, 0.1) is 0 Å². The summed E-state index contributed by atoms with van der Waals surface area (Å²) in [6, 6.07) is 21.7. The molecule has 2 atom stereocenters. The Morgan fingerprint density at radius 2 is 1.77 bits per heavy atom. The third kappa shape index (κ3) is 4.52. The summed E-state index contributed by atoms with van der Waals surface area (Å²) in [5.74, 6) is 0.00790. The van der Waals surface area contributed by atoms with Gasteiger partial charge in [0.15, 0.2) is 6.04 Å². The van der Waals surface area contributed by atoms with Gasteiger partial charge >= 0.3 is 0 Å². The van der Waals surface area contributed by atoms with Crippen LogP contribution in [-0.2, 0) is 11.3 Å². The fraction of sp³-hybridized carbons (Fsp3) is 0.190. The number of likely N-dealkylation sites (N-methyl/N-ethyl adjacent to an activating group) is 1. The number of hydrogen-bond acceptors (Lipinski definition) is 2. The van der Waals surface area contributed by atoms with Gasteiger partial charge in [-0.2, -0.15) is 0 Å². The second kappa shape index (κ2) is 8.49. The van der Waals surface area contributed by atoms with Crippen molar-refractivity contribution in [2.45, 2.75) is 19.5 Å². The first-order chi connectivity index (χ1) is 12.5. The molecular formula is C21H22ClN2OS+. The molecule has 5 heteroatoms. The van der Waals surface area contributed by atoms with E-state index in [4.69, 9.17) is 11.6 Å². The van der Waals surface area contributed by atoms with Gasteiger partial charge in [-0.25, -0.2) is 0 Å². The highest BCUT2D eigenvalue weighted by atomic mass is 35.5. The predicted molar refractivity (Wildman–Crippen MR) is 110 cm³/mol. The molecule has 0 aliphatic heterocycles. The molecule has 3 aromatic rings. The van der Waals surface area contributed by atoms with Crippen LogP contribution >= 0.6 is 22.9 Å². The topological polar surface area (TPSA) is 33.5 Å². The van der Waals surface area contributed by atoms with Crippen molar-refractivity contribution in [3.63, 3.8) is 0 Å². The summed E-state index contributed by atoms with van der Waals surface area (Å²) in [6.45, 7) is 2.72. The van der Waals surface area contributed by atoms with E-state index in [0.29, 0.717) is 0 Å². The minimum absolute atomic E-state index is 0.00790. The summed E-state index contributed by atoms with van der Waals surface area (Å²) in [7, 11) is 2.03. The Labute approximate surface area is 163 Å². The molecule has 0 radical (unpaired) electrons. The number of carbonyl (C=O) groups excluding carboxylic acids is 1. The van der Waals surface area contributed by atoms with Crippen LogP contribution in [0.3, 0.4) is 0 Å². The molecule has 0 spiro atoms. The standard InChI is InChI=1S/C21H21ClN2OS/c1-15(24(2)14-17-12-13-20(22)26-17)21(25)23-19-11-7-6-10-18(19)16-8-4-3-5-9-16/h3-13,15H,14H2,1-2H3,(H,23,25)/p+1/t15-/m0/s1. The zero-order valence-corrected chi connectivity index (χ0v) is 16.4. The lowest BCUT2D eigenvalue weighted by molar-refractivity contribution is -0.907. The fourth-order valence-electron chi connectivity index (χ4n) is 2.80. The van der Waals surface area contributed by atoms with Crippen molar-refractivity contribution < 1.29 is 9.69 Å². The van der Waals surface area contributed by atoms with Gasteiger partial charge in [0, 0.05) is 11.3 Å². The van der Waals surface area contributed by atoms with E-state index in [1.54, 1.807) is 11.3 Å². The van der Waals surface area contributed by atoms with Crippen LogP contribution in [0.15, 0.2) is 66.7 Å². The lowest BCUT2D eigenvalue weighted by Crippen LogP contribution is -3.12. The van der Waals surface area contributed by atoms with E-state index in [9.17, 15) is 4.79 Å². The first-order valence-corrected chi connectivity index (χ1v) is 9.76. The van der Waals surface area contributed by atoms with E-state index in [-0.39, 0.29) is 11.9 Å². The number of para-hydroxylation sites is 1. The van der Waals surface area contributed by atoms with Gasteiger partial charge < -0.3 is 10.2 Å². The van der Waals surface area contributed by atoms with Gasteiger partial charge in [0.1, 0.15) is 6.54 Å². The van der Waals surface area contributed by atoms with Crippen LogP contribution in [0.4, 0.5) is 5.69 Å². The summed E-state index contributed by atoms with van der Waals surface area (Å²) < 4.78 is 0.779. The minimum Gasteiger partial charge on any atom is -0.323 e. The van der Waals surface area contributed by atoms with E-state index >= 15 is 0 Å². The average molecular weight is 386 g/mol. The molecule has 1 heterocycles. The van der Waals surface area contributed by atoms with Crippen molar-refractivity contribution in [3.05, 3.63) is 75.9 Å². The number of nitrogens with one attached hydrogen (secondary N) is 2. The summed E-state index contributed by atoms with van der Waals surface area (Å²) in [4.78, 5) is 15.1. The van der Waals surface area contributed by atoms with Crippen LogP contribution in [0.1, 0.15) is 11.8 Å². The largest absolute Gasteiger partial charge is 0.323 e. The molecule has 2 N–H and O–H groups in total. The van der Waals surface area contributed by atoms with Crippen molar-refractivity contribution in [3.8, 4) is 11.1 Å². The lowest BCUT2D eigenvalue weighted by Gasteiger charge is -2.21. The molecule has 26 heavy (non-hydrogen) atoms. The number of halogens is 1. The van der Waals surface area contributed by atoms with Gasteiger partial charge in [0.25, 0.3) is 5.91 Å². The Bertz CT molecular complexity index is 878. The van der Waals surface area contributed by atoms with E-state index in [1.165, 1.54) is 4.88 Å². The monoisotopic (exact) mass is 385 g/mol. The molecule has 0 bridgehead atoms. The Morgan fingerprint density at radius 1 is 1.08 bits per heavy atom. The zero-order valence-electron chi connectivity index (χ0n) is 14.8. The average Bonchev–Trinajstić information content (AvgIpc) is 3.07. The van der Waals surface area contributed by atoms with Crippen molar-refractivity contribution >= 4 is 34.5 Å². The zero-order chi connectivity index (χ0) is 18.5. The van der Waals surface area contributed by atoms with Gasteiger partial charge in [0.2, 0.25) is 0 Å². The summed E-state index contributed by atoms with van der Waals surface area (Å²) in [5, 5.41) is 3.10. The number of rotatable bonds is 6. The smallest absolute Gasteiger partial charge is 0.282 e. The van der Waals surface area contributed by atoms with Gasteiger partial charge in [-0.3, -0.25) is 4.79 Å². The molecule has 0 saturated heterocycles. The van der Waals surface area contributed by atoms with Crippen molar-refractivity contribution in [2.75, 3.05) is 12.4 Å². The molecule has 0 aliphatic rings. The lowest BCUT2D eigenvalue weighted by atomic mass is 10.0. The van der Waals surface area contributed by atoms with Crippen molar-refractivity contribution in [2.24, 2.45) is 0 Å². The van der Waals surface area contributed by atoms with Gasteiger partial charge in [-0.1, -0.05) is 60.1 Å². The highest BCUT2D eigenvalue weighted by Gasteiger charge is 2.23. The van der Waals surface area contributed by atoms with E-state index < -0.39 is 0 Å². The van der Waals surface area contributed by atoms with Gasteiger partial charge in [0.05, 0.1) is 16.3 Å². The second-order valence-electron chi connectivity index (χ2n) is 6.35. The molecule has 0 saturated carbocycles. The number of anilines is 1. The van der Waals surface area contributed by atoms with Gasteiger partial charge in [-0.15, -0.1) is 11.3 Å². The number of quaternary nitrogens is 1. The maximum absolute atomic E-state index is 12.8. The first-order valence-electron chi connectivity index (χ1n) is 8.56. The summed E-state index contributed by atoms with van der Waals surface area (Å²) >= 11 is 7.56. The van der Waals surface area contributed by atoms with E-state index in [1.807, 2.05) is 80.7 Å². The molecule has 3 rings (SSSR count). The highest BCUT2D eigenvalue weighted by molar-refractivity contribution is 7.16. The van der Waals surface area contributed by atoms with Gasteiger partial charge in [-0.05, 0) is 30.7 Å². The van der Waals surface area contributed by atoms with Crippen LogP contribution in [-0.4, -0.2) is 19.0 Å². The van der Waals surface area contributed by atoms with Crippen LogP contribution < -0.4 is 10.2 Å². The molecular weight excluding hydrogens is 364 g/mol. The Kier molecular flexibility index (Phi) is 6.09. The molecule has 0 fully saturated rings. The molecule has 0 aliphatic carbocycles. The Hall–Kier alpha value is -2.14. The highest BCUT2D eigenvalue weighted by Crippen LogP contribution is 2.27. The number of hydrogen-bond donors (Lipinski definition) is 2. The quantitative estimate of drug-likeness (QED) is 0.657. The van der Waals surface area contributed by atoms with Crippen molar-refractivity contribution in [1.82, 2.24) is 0 Å².